The molecular formula is C20H28FN3O2. The van der Waals surface area contributed by atoms with Crippen molar-refractivity contribution < 1.29 is 14.0 Å². The van der Waals surface area contributed by atoms with E-state index in [1.165, 1.54) is 6.07 Å². The van der Waals surface area contributed by atoms with E-state index in [-0.39, 0.29) is 30.1 Å². The summed E-state index contributed by atoms with van der Waals surface area (Å²) in [6, 6.07) is 6.99. The van der Waals surface area contributed by atoms with Crippen molar-refractivity contribution in [2.75, 3.05) is 37.6 Å². The maximum atomic E-state index is 13.9. The maximum absolute atomic E-state index is 13.9. The lowest BCUT2D eigenvalue weighted by molar-refractivity contribution is -0.143. The number of piperazine rings is 1. The molecule has 0 aliphatic carbocycles. The third-order valence-corrected chi connectivity index (χ3v) is 5.55. The predicted molar refractivity (Wildman–Crippen MR) is 99.5 cm³/mol. The number of benzene rings is 1. The topological polar surface area (TPSA) is 43.9 Å². The van der Waals surface area contributed by atoms with Gasteiger partial charge in [-0.25, -0.2) is 4.39 Å². The molecule has 2 aliphatic heterocycles. The van der Waals surface area contributed by atoms with Gasteiger partial charge in [0, 0.05) is 38.8 Å². The van der Waals surface area contributed by atoms with E-state index in [1.807, 2.05) is 15.9 Å². The van der Waals surface area contributed by atoms with Crippen molar-refractivity contribution in [1.82, 2.24) is 9.80 Å². The van der Waals surface area contributed by atoms with E-state index in [0.717, 1.165) is 32.2 Å². The van der Waals surface area contributed by atoms with E-state index in [1.54, 1.807) is 17.0 Å². The normalized spacial score (nSPS) is 21.0. The SMILES string of the molecule is CCC1CCCCN1C(=O)CC(=O)N1CCN(c2ccccc2F)CC1. The van der Waals surface area contributed by atoms with E-state index in [4.69, 9.17) is 0 Å². The predicted octanol–water partition coefficient (Wildman–Crippen LogP) is 2.66. The molecule has 5 nitrogen and oxygen atoms in total. The van der Waals surface area contributed by atoms with Gasteiger partial charge in [0.25, 0.3) is 0 Å². The number of hydrogen-bond donors (Lipinski definition) is 0. The molecule has 6 heteroatoms. The molecule has 0 radical (unpaired) electrons. The van der Waals surface area contributed by atoms with Crippen molar-refractivity contribution in [2.24, 2.45) is 0 Å². The molecule has 2 heterocycles. The summed E-state index contributed by atoms with van der Waals surface area (Å²) in [6.45, 7) is 5.09. The number of carbonyl (C=O) groups excluding carboxylic acids is 2. The van der Waals surface area contributed by atoms with Crippen molar-refractivity contribution in [3.63, 3.8) is 0 Å². The summed E-state index contributed by atoms with van der Waals surface area (Å²) in [4.78, 5) is 30.7. The Balaban J connectivity index is 1.52. The van der Waals surface area contributed by atoms with E-state index in [9.17, 15) is 14.0 Å². The van der Waals surface area contributed by atoms with Gasteiger partial charge < -0.3 is 14.7 Å². The molecule has 0 bridgehead atoms. The quantitative estimate of drug-likeness (QED) is 0.775. The minimum atomic E-state index is -0.238. The number of para-hydroxylation sites is 1. The summed E-state index contributed by atoms with van der Waals surface area (Å²) < 4.78 is 13.9. The lowest BCUT2D eigenvalue weighted by Gasteiger charge is -2.38. The lowest BCUT2D eigenvalue weighted by Crippen LogP contribution is -2.51. The Morgan fingerprint density at radius 1 is 1.04 bits per heavy atom. The molecule has 1 aromatic carbocycles. The summed E-state index contributed by atoms with van der Waals surface area (Å²) in [5, 5.41) is 0. The van der Waals surface area contributed by atoms with Crippen LogP contribution in [0, 0.1) is 5.82 Å². The van der Waals surface area contributed by atoms with Crippen LogP contribution in [-0.2, 0) is 9.59 Å². The first-order valence-corrected chi connectivity index (χ1v) is 9.67. The van der Waals surface area contributed by atoms with Crippen LogP contribution >= 0.6 is 0 Å². The van der Waals surface area contributed by atoms with Crippen molar-refractivity contribution in [3.8, 4) is 0 Å². The van der Waals surface area contributed by atoms with Crippen LogP contribution in [0.2, 0.25) is 0 Å². The van der Waals surface area contributed by atoms with Crippen molar-refractivity contribution in [3.05, 3.63) is 30.1 Å². The van der Waals surface area contributed by atoms with Gasteiger partial charge in [-0.15, -0.1) is 0 Å². The fourth-order valence-corrected chi connectivity index (χ4v) is 4.00. The molecule has 1 unspecified atom stereocenters. The van der Waals surface area contributed by atoms with Crippen LogP contribution in [0.5, 0.6) is 0 Å². The van der Waals surface area contributed by atoms with Crippen LogP contribution in [0.25, 0.3) is 0 Å². The highest BCUT2D eigenvalue weighted by atomic mass is 19.1. The monoisotopic (exact) mass is 361 g/mol. The molecule has 142 valence electrons. The first-order valence-electron chi connectivity index (χ1n) is 9.67. The van der Waals surface area contributed by atoms with Crippen LogP contribution in [0.4, 0.5) is 10.1 Å². The number of anilines is 1. The maximum Gasteiger partial charge on any atom is 0.232 e. The first kappa shape index (κ1) is 18.7. The summed E-state index contributed by atoms with van der Waals surface area (Å²) in [5.74, 6) is -0.389. The van der Waals surface area contributed by atoms with Gasteiger partial charge >= 0.3 is 0 Å². The lowest BCUT2D eigenvalue weighted by atomic mass is 9.99. The zero-order valence-electron chi connectivity index (χ0n) is 15.5. The third kappa shape index (κ3) is 4.17. The van der Waals surface area contributed by atoms with Gasteiger partial charge in [0.1, 0.15) is 12.2 Å². The second-order valence-corrected chi connectivity index (χ2v) is 7.14. The summed E-state index contributed by atoms with van der Waals surface area (Å²) in [7, 11) is 0. The number of nitrogens with zero attached hydrogens (tertiary/aromatic N) is 3. The van der Waals surface area contributed by atoms with Gasteiger partial charge in [0.15, 0.2) is 0 Å². The molecule has 2 aliphatic rings. The van der Waals surface area contributed by atoms with Gasteiger partial charge in [0.2, 0.25) is 11.8 Å². The highest BCUT2D eigenvalue weighted by molar-refractivity contribution is 5.97. The van der Waals surface area contributed by atoms with Gasteiger partial charge in [-0.1, -0.05) is 19.1 Å². The van der Waals surface area contributed by atoms with Gasteiger partial charge in [-0.2, -0.15) is 0 Å². The number of amides is 2. The number of carbonyl (C=O) groups is 2. The molecule has 1 aromatic rings. The Morgan fingerprint density at radius 2 is 1.77 bits per heavy atom. The minimum absolute atomic E-state index is 0.0434. The molecule has 2 fully saturated rings. The summed E-state index contributed by atoms with van der Waals surface area (Å²) in [5.41, 5.74) is 0.578. The molecule has 0 N–H and O–H groups in total. The largest absolute Gasteiger partial charge is 0.366 e. The molecule has 2 saturated heterocycles. The van der Waals surface area contributed by atoms with Crippen LogP contribution < -0.4 is 4.90 Å². The standard InChI is InChI=1S/C20H28FN3O2/c1-2-16-7-5-6-10-24(16)20(26)15-19(25)23-13-11-22(12-14-23)18-9-4-3-8-17(18)21/h3-4,8-9,16H,2,5-7,10-15H2,1H3. The molecule has 2 amide bonds. The Labute approximate surface area is 154 Å². The second kappa shape index (κ2) is 8.52. The molecule has 0 spiro atoms. The van der Waals surface area contributed by atoms with Gasteiger partial charge in [-0.3, -0.25) is 9.59 Å². The van der Waals surface area contributed by atoms with Gasteiger partial charge in [0.05, 0.1) is 5.69 Å². The Morgan fingerprint density at radius 3 is 2.46 bits per heavy atom. The molecule has 0 saturated carbocycles. The van der Waals surface area contributed by atoms with Crippen molar-refractivity contribution in [2.45, 2.75) is 45.1 Å². The van der Waals surface area contributed by atoms with Crippen molar-refractivity contribution >= 4 is 17.5 Å². The molecular weight excluding hydrogens is 333 g/mol. The fourth-order valence-electron chi connectivity index (χ4n) is 4.00. The Kier molecular flexibility index (Phi) is 6.12. The number of hydrogen-bond acceptors (Lipinski definition) is 3. The number of piperidine rings is 1. The second-order valence-electron chi connectivity index (χ2n) is 7.14. The number of likely N-dealkylation sites (tertiary alicyclic amines) is 1. The average molecular weight is 361 g/mol. The minimum Gasteiger partial charge on any atom is -0.366 e. The Hall–Kier alpha value is -2.11. The fraction of sp³-hybridized carbons (Fsp3) is 0.600. The number of halogens is 1. The van der Waals surface area contributed by atoms with E-state index < -0.39 is 0 Å². The smallest absolute Gasteiger partial charge is 0.232 e. The molecule has 0 aromatic heterocycles. The number of rotatable bonds is 4. The van der Waals surface area contributed by atoms with Crippen LogP contribution in [0.1, 0.15) is 39.0 Å². The van der Waals surface area contributed by atoms with Crippen LogP contribution in [-0.4, -0.2) is 60.4 Å². The van der Waals surface area contributed by atoms with E-state index >= 15 is 0 Å². The molecule has 3 rings (SSSR count). The van der Waals surface area contributed by atoms with Gasteiger partial charge in [-0.05, 0) is 37.8 Å². The molecule has 1 atom stereocenters. The highest BCUT2D eigenvalue weighted by Crippen LogP contribution is 2.22. The van der Waals surface area contributed by atoms with Crippen LogP contribution in [0.15, 0.2) is 24.3 Å². The van der Waals surface area contributed by atoms with E-state index in [0.29, 0.717) is 31.9 Å². The third-order valence-electron chi connectivity index (χ3n) is 5.55. The van der Waals surface area contributed by atoms with Crippen LogP contribution in [0.3, 0.4) is 0 Å². The Bertz CT molecular complexity index is 644. The zero-order chi connectivity index (χ0) is 18.5. The summed E-state index contributed by atoms with van der Waals surface area (Å²) >= 11 is 0. The molecule has 26 heavy (non-hydrogen) atoms. The van der Waals surface area contributed by atoms with E-state index in [2.05, 4.69) is 6.92 Å². The zero-order valence-corrected chi connectivity index (χ0v) is 15.5. The highest BCUT2D eigenvalue weighted by Gasteiger charge is 2.29. The average Bonchev–Trinajstić information content (AvgIpc) is 2.68. The summed E-state index contributed by atoms with van der Waals surface area (Å²) in [6.07, 6.45) is 4.13. The van der Waals surface area contributed by atoms with Crippen molar-refractivity contribution in [1.29, 1.82) is 0 Å². The first-order chi connectivity index (χ1) is 12.6.